The summed E-state index contributed by atoms with van der Waals surface area (Å²) in [4.78, 5) is 12.5. The first-order valence-electron chi connectivity index (χ1n) is 8.85. The monoisotopic (exact) mass is 508 g/mol. The van der Waals surface area contributed by atoms with Gasteiger partial charge in [0.2, 0.25) is 0 Å². The number of halogens is 2. The van der Waals surface area contributed by atoms with Gasteiger partial charge in [0.15, 0.2) is 6.10 Å². The summed E-state index contributed by atoms with van der Waals surface area (Å²) in [6, 6.07) is 19.5. The molecular weight excluding hydrogens is 492 g/mol. The number of ether oxygens (including phenoxy) is 1. The summed E-state index contributed by atoms with van der Waals surface area (Å²) in [5.41, 5.74) is 0.915. The van der Waals surface area contributed by atoms with E-state index in [1.165, 1.54) is 24.3 Å². The van der Waals surface area contributed by atoms with Crippen molar-refractivity contribution in [3.05, 3.63) is 82.3 Å². The van der Waals surface area contributed by atoms with Crippen molar-refractivity contribution in [2.24, 2.45) is 0 Å². The van der Waals surface area contributed by atoms with Crippen LogP contribution < -0.4 is 14.8 Å². The topological polar surface area (TPSA) is 84.5 Å². The van der Waals surface area contributed by atoms with Crippen molar-refractivity contribution in [1.29, 1.82) is 0 Å². The van der Waals surface area contributed by atoms with E-state index in [1.807, 2.05) is 0 Å². The average Bonchev–Trinajstić information content (AvgIpc) is 2.71. The van der Waals surface area contributed by atoms with Crippen molar-refractivity contribution < 1.29 is 17.9 Å². The molecule has 1 unspecified atom stereocenters. The molecule has 0 aliphatic rings. The first-order valence-corrected chi connectivity index (χ1v) is 11.5. The summed E-state index contributed by atoms with van der Waals surface area (Å²) in [7, 11) is -3.73. The van der Waals surface area contributed by atoms with Crippen LogP contribution in [0.4, 0.5) is 11.4 Å². The zero-order chi connectivity index (χ0) is 21.7. The number of sulfonamides is 1. The molecule has 30 heavy (non-hydrogen) atoms. The highest BCUT2D eigenvalue weighted by molar-refractivity contribution is 9.10. The van der Waals surface area contributed by atoms with Crippen molar-refractivity contribution in [2.75, 3.05) is 10.0 Å². The maximum absolute atomic E-state index is 12.5. The Morgan fingerprint density at radius 2 is 1.67 bits per heavy atom. The highest BCUT2D eigenvalue weighted by atomic mass is 79.9. The molecule has 0 radical (unpaired) electrons. The van der Waals surface area contributed by atoms with Crippen molar-refractivity contribution >= 4 is 54.8 Å². The van der Waals surface area contributed by atoms with Crippen LogP contribution in [0.2, 0.25) is 5.02 Å². The molecule has 0 saturated carbocycles. The van der Waals surface area contributed by atoms with Gasteiger partial charge in [-0.25, -0.2) is 8.42 Å². The molecular formula is C21H18BrClN2O4S. The summed E-state index contributed by atoms with van der Waals surface area (Å²) in [6.45, 7) is 1.61. The number of amides is 1. The second kappa shape index (κ2) is 9.51. The minimum absolute atomic E-state index is 0.0822. The molecule has 0 saturated heterocycles. The zero-order valence-corrected chi connectivity index (χ0v) is 19.0. The summed E-state index contributed by atoms with van der Waals surface area (Å²) in [5, 5.41) is 3.25. The number of hydrogen-bond acceptors (Lipinski definition) is 4. The Labute approximate surface area is 188 Å². The van der Waals surface area contributed by atoms with Crippen LogP contribution >= 0.6 is 27.5 Å². The van der Waals surface area contributed by atoms with Gasteiger partial charge in [0, 0.05) is 16.4 Å². The van der Waals surface area contributed by atoms with Gasteiger partial charge in [0.25, 0.3) is 15.9 Å². The second-order valence-electron chi connectivity index (χ2n) is 6.32. The highest BCUT2D eigenvalue weighted by Crippen LogP contribution is 2.29. The van der Waals surface area contributed by atoms with Crippen LogP contribution in [0.5, 0.6) is 5.75 Å². The first kappa shape index (κ1) is 22.1. The molecule has 0 heterocycles. The van der Waals surface area contributed by atoms with Crippen LogP contribution in [0, 0.1) is 0 Å². The smallest absolute Gasteiger partial charge is 0.265 e. The zero-order valence-electron chi connectivity index (χ0n) is 15.8. The lowest BCUT2D eigenvalue weighted by Gasteiger charge is -2.16. The van der Waals surface area contributed by atoms with Crippen molar-refractivity contribution in [3.8, 4) is 5.75 Å². The molecule has 0 spiro atoms. The number of rotatable bonds is 7. The maximum Gasteiger partial charge on any atom is 0.265 e. The largest absolute Gasteiger partial charge is 0.480 e. The molecule has 1 amide bonds. The Morgan fingerprint density at radius 1 is 1.00 bits per heavy atom. The molecule has 1 atom stereocenters. The molecule has 2 N–H and O–H groups in total. The Balaban J connectivity index is 1.64. The predicted octanol–water partition coefficient (Wildman–Crippen LogP) is 5.31. The van der Waals surface area contributed by atoms with Crippen LogP contribution in [-0.2, 0) is 14.8 Å². The predicted molar refractivity (Wildman–Crippen MR) is 122 cm³/mol. The number of hydrogen-bond donors (Lipinski definition) is 2. The van der Waals surface area contributed by atoms with Crippen molar-refractivity contribution in [3.63, 3.8) is 0 Å². The van der Waals surface area contributed by atoms with E-state index in [9.17, 15) is 13.2 Å². The van der Waals surface area contributed by atoms with Crippen LogP contribution in [0.25, 0.3) is 0 Å². The number of nitrogens with one attached hydrogen (secondary N) is 2. The lowest BCUT2D eigenvalue weighted by molar-refractivity contribution is -0.122. The van der Waals surface area contributed by atoms with E-state index >= 15 is 0 Å². The van der Waals surface area contributed by atoms with E-state index in [1.54, 1.807) is 55.5 Å². The van der Waals surface area contributed by atoms with Gasteiger partial charge in [-0.2, -0.15) is 0 Å². The molecule has 3 aromatic rings. The Bertz CT molecular complexity index is 1140. The van der Waals surface area contributed by atoms with Gasteiger partial charge >= 0.3 is 0 Å². The number of anilines is 2. The summed E-state index contributed by atoms with van der Waals surface area (Å²) < 4.78 is 33.7. The Kier molecular flexibility index (Phi) is 7.02. The third kappa shape index (κ3) is 5.75. The normalized spacial score (nSPS) is 12.1. The first-order chi connectivity index (χ1) is 14.2. The number of carbonyl (C=O) groups is 1. The number of benzene rings is 3. The Hall–Kier alpha value is -2.55. The van der Waals surface area contributed by atoms with Crippen LogP contribution in [-0.4, -0.2) is 20.4 Å². The van der Waals surface area contributed by atoms with E-state index in [0.29, 0.717) is 26.6 Å². The fourth-order valence-corrected chi connectivity index (χ4v) is 4.33. The number of para-hydroxylation sites is 1. The lowest BCUT2D eigenvalue weighted by atomic mass is 10.3. The molecule has 0 aromatic heterocycles. The van der Waals surface area contributed by atoms with Gasteiger partial charge in [0.05, 0.1) is 9.37 Å². The molecule has 3 rings (SSSR count). The second-order valence-corrected chi connectivity index (χ2v) is 9.29. The summed E-state index contributed by atoms with van der Waals surface area (Å²) in [5.74, 6) is 0.102. The van der Waals surface area contributed by atoms with Gasteiger partial charge in [0.1, 0.15) is 5.75 Å². The third-order valence-corrected chi connectivity index (χ3v) is 6.28. The fraction of sp³-hybridized carbons (Fsp3) is 0.0952. The molecule has 9 heteroatoms. The van der Waals surface area contributed by atoms with Crippen molar-refractivity contribution in [2.45, 2.75) is 17.9 Å². The van der Waals surface area contributed by atoms with Gasteiger partial charge in [-0.3, -0.25) is 9.52 Å². The van der Waals surface area contributed by atoms with Gasteiger partial charge in [-0.1, -0.05) is 29.8 Å². The standard InChI is InChI=1S/C21H18BrClN2O4S/c1-14(29-20-12-7-15(23)13-19(20)22)21(26)24-16-8-10-18(11-9-16)30(27,28)25-17-5-3-2-4-6-17/h2-14,25H,1H3,(H,24,26). The summed E-state index contributed by atoms with van der Waals surface area (Å²) in [6.07, 6.45) is -0.786. The highest BCUT2D eigenvalue weighted by Gasteiger charge is 2.18. The van der Waals surface area contributed by atoms with E-state index in [0.717, 1.165) is 0 Å². The van der Waals surface area contributed by atoms with E-state index < -0.39 is 16.1 Å². The SMILES string of the molecule is CC(Oc1ccc(Cl)cc1Br)C(=O)Nc1ccc(S(=O)(=O)Nc2ccccc2)cc1. The fourth-order valence-electron chi connectivity index (χ4n) is 2.50. The van der Waals surface area contributed by atoms with Crippen molar-refractivity contribution in [1.82, 2.24) is 0 Å². The molecule has 0 aliphatic heterocycles. The van der Waals surface area contributed by atoms with Crippen LogP contribution in [0.1, 0.15) is 6.92 Å². The average molecular weight is 510 g/mol. The van der Waals surface area contributed by atoms with Crippen LogP contribution in [0.3, 0.4) is 0 Å². The molecule has 0 bridgehead atoms. The summed E-state index contributed by atoms with van der Waals surface area (Å²) >= 11 is 9.24. The van der Waals surface area contributed by atoms with Gasteiger partial charge in [-0.05, 0) is 77.5 Å². The van der Waals surface area contributed by atoms with Crippen LogP contribution in [0.15, 0.2) is 82.2 Å². The van der Waals surface area contributed by atoms with Gasteiger partial charge in [-0.15, -0.1) is 0 Å². The molecule has 0 fully saturated rings. The van der Waals surface area contributed by atoms with E-state index in [2.05, 4.69) is 26.0 Å². The van der Waals surface area contributed by atoms with Gasteiger partial charge < -0.3 is 10.1 Å². The minimum Gasteiger partial charge on any atom is -0.480 e. The Morgan fingerprint density at radius 3 is 2.30 bits per heavy atom. The molecule has 156 valence electrons. The third-order valence-electron chi connectivity index (χ3n) is 4.03. The molecule has 6 nitrogen and oxygen atoms in total. The van der Waals surface area contributed by atoms with E-state index in [-0.39, 0.29) is 10.8 Å². The molecule has 3 aromatic carbocycles. The minimum atomic E-state index is -3.73. The van der Waals surface area contributed by atoms with E-state index in [4.69, 9.17) is 16.3 Å². The lowest BCUT2D eigenvalue weighted by Crippen LogP contribution is -2.30. The number of carbonyl (C=O) groups excluding carboxylic acids is 1. The maximum atomic E-state index is 12.5. The molecule has 0 aliphatic carbocycles. The quantitative estimate of drug-likeness (QED) is 0.452.